The minimum Gasteiger partial charge on any atom is -0.451 e. The number of carbonyl (C=O) groups is 2. The third-order valence-electron chi connectivity index (χ3n) is 6.40. The van der Waals surface area contributed by atoms with Gasteiger partial charge in [0, 0.05) is 22.1 Å². The van der Waals surface area contributed by atoms with Crippen molar-refractivity contribution in [2.24, 2.45) is 0 Å². The number of ether oxygens (including phenoxy) is 1. The van der Waals surface area contributed by atoms with E-state index in [2.05, 4.69) is 0 Å². The van der Waals surface area contributed by atoms with Crippen LogP contribution in [-0.4, -0.2) is 11.8 Å². The molecule has 4 nitrogen and oxygen atoms in total. The third kappa shape index (κ3) is 4.29. The highest BCUT2D eigenvalue weighted by molar-refractivity contribution is 6.15. The Hall–Kier alpha value is -5.22. The van der Waals surface area contributed by atoms with Crippen LogP contribution in [0.25, 0.3) is 33.4 Å². The number of ketones is 1. The van der Waals surface area contributed by atoms with Crippen molar-refractivity contribution in [2.75, 3.05) is 0 Å². The van der Waals surface area contributed by atoms with E-state index in [1.54, 1.807) is 54.6 Å². The highest BCUT2D eigenvalue weighted by Gasteiger charge is 2.27. The fourth-order valence-corrected chi connectivity index (χ4v) is 4.57. The molecule has 0 bridgehead atoms. The lowest BCUT2D eigenvalue weighted by Gasteiger charge is -2.11. The molecular weight excluding hydrogens is 472 g/mol. The van der Waals surface area contributed by atoms with Gasteiger partial charge in [-0.05, 0) is 29.8 Å². The monoisotopic (exact) mass is 494 g/mol. The van der Waals surface area contributed by atoms with Gasteiger partial charge in [0.25, 0.3) is 0 Å². The SMILES string of the molecule is O=C(Oc1c(C(=O)c2ccccc2)ccc2c(-c3ccccc3)c(-c3ccccc3)oc12)c1ccccc1. The summed E-state index contributed by atoms with van der Waals surface area (Å²) in [5.74, 6) is -0.0980. The zero-order valence-corrected chi connectivity index (χ0v) is 20.3. The summed E-state index contributed by atoms with van der Waals surface area (Å²) in [6.45, 7) is 0. The summed E-state index contributed by atoms with van der Waals surface area (Å²) in [5.41, 5.74) is 4.14. The molecule has 5 aromatic carbocycles. The highest BCUT2D eigenvalue weighted by Crippen LogP contribution is 2.45. The van der Waals surface area contributed by atoms with Crippen molar-refractivity contribution < 1.29 is 18.7 Å². The maximum absolute atomic E-state index is 13.6. The van der Waals surface area contributed by atoms with E-state index in [0.717, 1.165) is 22.1 Å². The molecule has 6 rings (SSSR count). The van der Waals surface area contributed by atoms with Gasteiger partial charge >= 0.3 is 5.97 Å². The van der Waals surface area contributed by atoms with Crippen LogP contribution in [0, 0.1) is 0 Å². The molecule has 0 aliphatic heterocycles. The van der Waals surface area contributed by atoms with Crippen molar-refractivity contribution in [3.05, 3.63) is 150 Å². The first-order valence-electron chi connectivity index (χ1n) is 12.3. The van der Waals surface area contributed by atoms with E-state index in [-0.39, 0.29) is 17.1 Å². The molecule has 1 heterocycles. The second-order valence-electron chi connectivity index (χ2n) is 8.81. The predicted octanol–water partition coefficient (Wildman–Crippen LogP) is 8.22. The van der Waals surface area contributed by atoms with Crippen LogP contribution in [0.2, 0.25) is 0 Å². The van der Waals surface area contributed by atoms with Crippen LogP contribution in [0.4, 0.5) is 0 Å². The maximum atomic E-state index is 13.6. The number of rotatable bonds is 6. The van der Waals surface area contributed by atoms with Gasteiger partial charge in [0.05, 0.1) is 11.1 Å². The zero-order chi connectivity index (χ0) is 25.9. The molecule has 0 spiro atoms. The molecule has 38 heavy (non-hydrogen) atoms. The van der Waals surface area contributed by atoms with Crippen molar-refractivity contribution in [1.82, 2.24) is 0 Å². The molecule has 4 heteroatoms. The largest absolute Gasteiger partial charge is 0.451 e. The molecule has 0 N–H and O–H groups in total. The summed E-state index contributed by atoms with van der Waals surface area (Å²) in [5, 5.41) is 0.746. The molecule has 0 fully saturated rings. The second-order valence-corrected chi connectivity index (χ2v) is 8.81. The first kappa shape index (κ1) is 23.2. The van der Waals surface area contributed by atoms with Crippen LogP contribution in [-0.2, 0) is 0 Å². The number of hydrogen-bond acceptors (Lipinski definition) is 4. The molecule has 0 saturated carbocycles. The molecular formula is C34H22O4. The van der Waals surface area contributed by atoms with Crippen molar-refractivity contribution in [2.45, 2.75) is 0 Å². The molecule has 0 saturated heterocycles. The van der Waals surface area contributed by atoms with Crippen molar-refractivity contribution in [3.8, 4) is 28.2 Å². The van der Waals surface area contributed by atoms with Gasteiger partial charge in [-0.15, -0.1) is 0 Å². The van der Waals surface area contributed by atoms with Gasteiger partial charge in [-0.1, -0.05) is 109 Å². The van der Waals surface area contributed by atoms with Crippen LogP contribution in [0.15, 0.2) is 138 Å². The summed E-state index contributed by atoms with van der Waals surface area (Å²) >= 11 is 0. The molecule has 0 amide bonds. The van der Waals surface area contributed by atoms with Crippen molar-refractivity contribution >= 4 is 22.7 Å². The van der Waals surface area contributed by atoms with Gasteiger partial charge in [-0.2, -0.15) is 0 Å². The molecule has 1 aromatic heterocycles. The van der Waals surface area contributed by atoms with E-state index in [4.69, 9.17) is 9.15 Å². The average Bonchev–Trinajstić information content (AvgIpc) is 3.39. The fourth-order valence-electron chi connectivity index (χ4n) is 4.57. The Kier molecular flexibility index (Phi) is 6.12. The van der Waals surface area contributed by atoms with Crippen LogP contribution >= 0.6 is 0 Å². The van der Waals surface area contributed by atoms with Gasteiger partial charge in [0.2, 0.25) is 0 Å². The Labute approximate surface area is 219 Å². The Morgan fingerprint density at radius 1 is 0.553 bits per heavy atom. The third-order valence-corrected chi connectivity index (χ3v) is 6.40. The Morgan fingerprint density at radius 3 is 1.68 bits per heavy atom. The minimum atomic E-state index is -0.570. The Bertz CT molecular complexity index is 1740. The summed E-state index contributed by atoms with van der Waals surface area (Å²) in [7, 11) is 0. The van der Waals surface area contributed by atoms with Crippen molar-refractivity contribution in [1.29, 1.82) is 0 Å². The van der Waals surface area contributed by atoms with Gasteiger partial charge in [0.15, 0.2) is 17.1 Å². The number of hydrogen-bond donors (Lipinski definition) is 0. The molecule has 6 aromatic rings. The summed E-state index contributed by atoms with van der Waals surface area (Å²) < 4.78 is 12.5. The number of carbonyl (C=O) groups excluding carboxylic acids is 2. The topological polar surface area (TPSA) is 56.5 Å². The Morgan fingerprint density at radius 2 is 1.08 bits per heavy atom. The molecule has 0 aliphatic carbocycles. The standard InChI is InChI=1S/C34H22O4/c35-30(24-15-7-2-8-16-24)28-22-21-27-29(23-13-5-1-6-14-23)31(25-17-9-3-10-18-25)37-32(27)33(28)38-34(36)26-19-11-4-12-20-26/h1-22H. The quantitative estimate of drug-likeness (QED) is 0.133. The highest BCUT2D eigenvalue weighted by atomic mass is 16.5. The van der Waals surface area contributed by atoms with E-state index in [9.17, 15) is 9.59 Å². The lowest BCUT2D eigenvalue weighted by Crippen LogP contribution is -2.12. The molecule has 182 valence electrons. The van der Waals surface area contributed by atoms with Crippen LogP contribution in [0.3, 0.4) is 0 Å². The molecule has 0 atom stereocenters. The summed E-state index contributed by atoms with van der Waals surface area (Å²) in [6, 6.07) is 40.9. The first-order valence-corrected chi connectivity index (χ1v) is 12.3. The lowest BCUT2D eigenvalue weighted by molar-refractivity contribution is 0.0733. The van der Waals surface area contributed by atoms with E-state index < -0.39 is 5.97 Å². The molecule has 0 aliphatic rings. The van der Waals surface area contributed by atoms with E-state index in [0.29, 0.717) is 22.5 Å². The van der Waals surface area contributed by atoms with Crippen molar-refractivity contribution in [3.63, 3.8) is 0 Å². The number of benzene rings is 5. The van der Waals surface area contributed by atoms with Crippen LogP contribution in [0.5, 0.6) is 5.75 Å². The Balaban J connectivity index is 1.62. The van der Waals surface area contributed by atoms with Gasteiger partial charge in [0.1, 0.15) is 5.76 Å². The average molecular weight is 495 g/mol. The summed E-state index contributed by atoms with van der Waals surface area (Å²) in [6.07, 6.45) is 0. The van der Waals surface area contributed by atoms with Gasteiger partial charge in [-0.3, -0.25) is 4.79 Å². The maximum Gasteiger partial charge on any atom is 0.343 e. The minimum absolute atomic E-state index is 0.101. The fraction of sp³-hybridized carbons (Fsp3) is 0. The number of fused-ring (bicyclic) bond motifs is 1. The normalized spacial score (nSPS) is 10.8. The van der Waals surface area contributed by atoms with Crippen LogP contribution < -0.4 is 4.74 Å². The number of esters is 1. The van der Waals surface area contributed by atoms with Gasteiger partial charge in [-0.25, -0.2) is 4.79 Å². The summed E-state index contributed by atoms with van der Waals surface area (Å²) in [4.78, 5) is 26.9. The second kappa shape index (κ2) is 10.0. The van der Waals surface area contributed by atoms with Gasteiger partial charge < -0.3 is 9.15 Å². The first-order chi connectivity index (χ1) is 18.7. The molecule has 0 unspecified atom stereocenters. The van der Waals surface area contributed by atoms with Crippen LogP contribution in [0.1, 0.15) is 26.3 Å². The predicted molar refractivity (Wildman–Crippen MR) is 148 cm³/mol. The smallest absolute Gasteiger partial charge is 0.343 e. The van der Waals surface area contributed by atoms with E-state index in [1.807, 2.05) is 78.9 Å². The number of furan rings is 1. The van der Waals surface area contributed by atoms with E-state index in [1.165, 1.54) is 0 Å². The lowest BCUT2D eigenvalue weighted by atomic mass is 9.96. The zero-order valence-electron chi connectivity index (χ0n) is 20.3. The molecule has 0 radical (unpaired) electrons. The van der Waals surface area contributed by atoms with E-state index >= 15 is 0 Å².